The first-order chi connectivity index (χ1) is 48.5. The van der Waals surface area contributed by atoms with Crippen LogP contribution in [0.15, 0.2) is 0 Å². The maximum Gasteiger partial charge on any atom is 0.187 e. The van der Waals surface area contributed by atoms with Gasteiger partial charge in [0.25, 0.3) is 0 Å². The summed E-state index contributed by atoms with van der Waals surface area (Å²) < 4.78 is 163. The van der Waals surface area contributed by atoms with Crippen molar-refractivity contribution in [3.05, 3.63) is 0 Å². The fraction of sp³-hybridized carbons (Fsp3) is 1.00. The predicted octanol–water partition coefficient (Wildman–Crippen LogP) is -10.6. The quantitative estimate of drug-likeness (QED) is 0.0284. The van der Waals surface area contributed by atoms with Crippen molar-refractivity contribution in [3.8, 4) is 0 Å². The Labute approximate surface area is 581 Å². The van der Waals surface area contributed by atoms with Gasteiger partial charge in [-0.15, -0.1) is 0 Å². The normalized spacial score (nSPS) is 48.7. The average molecular weight is 1480 g/mol. The smallest absolute Gasteiger partial charge is 0.187 e. The minimum absolute atomic E-state index is 0.00906. The van der Waals surface area contributed by atoms with Gasteiger partial charge in [-0.05, 0) is 0 Å². The summed E-state index contributed by atoms with van der Waals surface area (Å²) >= 11 is 0. The van der Waals surface area contributed by atoms with E-state index in [2.05, 4.69) is 0 Å². The van der Waals surface area contributed by atoms with Crippen LogP contribution in [0, 0.1) is 0 Å². The Morgan fingerprint density at radius 1 is 0.198 bits per heavy atom. The van der Waals surface area contributed by atoms with Gasteiger partial charge in [-0.2, -0.15) is 0 Å². The molecule has 4 unspecified atom stereocenters. The van der Waals surface area contributed by atoms with Gasteiger partial charge in [0.1, 0.15) is 195 Å². The molecule has 14 N–H and O–H groups in total. The third-order valence-corrected chi connectivity index (χ3v) is 19.2. The van der Waals surface area contributed by atoms with Crippen LogP contribution < -0.4 is 0 Å². The van der Waals surface area contributed by atoms with Gasteiger partial charge in [-0.25, -0.2) is 0 Å². The second-order valence-electron chi connectivity index (χ2n) is 25.1. The first-order valence-electron chi connectivity index (χ1n) is 32.8. The Morgan fingerprint density at radius 3 is 0.673 bits per heavy atom. The molecule has 0 radical (unpaired) electrons. The zero-order valence-corrected chi connectivity index (χ0v) is 58.0. The zero-order valence-electron chi connectivity index (χ0n) is 58.0. The highest BCUT2D eigenvalue weighted by atomic mass is 16.8. The van der Waals surface area contributed by atoms with E-state index < -0.39 is 272 Å². The summed E-state index contributed by atoms with van der Waals surface area (Å²) in [5.74, 6) is 0. The zero-order chi connectivity index (χ0) is 73.8. The van der Waals surface area contributed by atoms with Crippen LogP contribution in [0.5, 0.6) is 0 Å². The lowest BCUT2D eigenvalue weighted by Crippen LogP contribution is -2.69. The third-order valence-electron chi connectivity index (χ3n) is 19.2. The van der Waals surface area contributed by atoms with E-state index in [1.165, 1.54) is 85.3 Å². The second kappa shape index (κ2) is 39.6. The van der Waals surface area contributed by atoms with E-state index in [1.807, 2.05) is 0 Å². The molecule has 0 aliphatic carbocycles. The number of hydrogen-bond acceptors (Lipinski definition) is 41. The molecule has 0 aromatic heterocycles. The molecule has 8 heterocycles. The molecule has 40 atom stereocenters. The minimum atomic E-state index is -2.15. The monoisotopic (exact) mass is 1480 g/mol. The maximum absolute atomic E-state index is 11.8. The fourth-order valence-electron chi connectivity index (χ4n) is 14.0. The first-order valence-corrected chi connectivity index (χ1v) is 32.8. The van der Waals surface area contributed by atoms with Gasteiger partial charge < -0.3 is 199 Å². The molecule has 101 heavy (non-hydrogen) atoms. The van der Waals surface area contributed by atoms with E-state index in [0.717, 1.165) is 0 Å². The number of hydrogen-bond donors (Lipinski definition) is 14. The molecule has 41 nitrogen and oxygen atoms in total. The number of methoxy groups -OCH3 is 12. The molecule has 8 fully saturated rings. The van der Waals surface area contributed by atoms with Crippen LogP contribution in [0.4, 0.5) is 0 Å². The van der Waals surface area contributed by atoms with Gasteiger partial charge in [0.15, 0.2) is 50.3 Å². The summed E-state index contributed by atoms with van der Waals surface area (Å²) in [7, 11) is 16.9. The largest absolute Gasteiger partial charge is 0.394 e. The molecule has 0 aromatic rings. The molecule has 8 aliphatic rings. The lowest BCUT2D eigenvalue weighted by Gasteiger charge is -2.52. The molecule has 0 amide bonds. The van der Waals surface area contributed by atoms with Crippen LogP contribution in [0.25, 0.3) is 0 Å². The molecule has 592 valence electrons. The Bertz CT molecular complexity index is 2350. The van der Waals surface area contributed by atoms with E-state index in [0.29, 0.717) is 0 Å². The van der Waals surface area contributed by atoms with Crippen LogP contribution >= 0.6 is 0 Å². The fourth-order valence-corrected chi connectivity index (χ4v) is 14.0. The van der Waals surface area contributed by atoms with Crippen molar-refractivity contribution in [2.45, 2.75) is 246 Å². The van der Waals surface area contributed by atoms with Crippen molar-refractivity contribution in [2.24, 2.45) is 0 Å². The molecule has 0 spiro atoms. The van der Waals surface area contributed by atoms with Crippen molar-refractivity contribution in [1.82, 2.24) is 0 Å². The molecular formula is C60H106O41. The maximum atomic E-state index is 11.8. The second-order valence-corrected chi connectivity index (χ2v) is 25.1. The van der Waals surface area contributed by atoms with Gasteiger partial charge in [0.05, 0.1) is 52.9 Å². The highest BCUT2D eigenvalue weighted by Crippen LogP contribution is 2.41. The first kappa shape index (κ1) is 85.0. The van der Waals surface area contributed by atoms with E-state index in [4.69, 9.17) is 128 Å². The molecule has 8 rings (SSSR count). The lowest BCUT2D eigenvalue weighted by molar-refractivity contribution is -0.402. The van der Waals surface area contributed by atoms with Crippen molar-refractivity contribution in [3.63, 3.8) is 0 Å². The van der Waals surface area contributed by atoms with Gasteiger partial charge in [0.2, 0.25) is 0 Å². The minimum Gasteiger partial charge on any atom is -0.394 e. The molecular weight excluding hydrogens is 1380 g/mol. The van der Waals surface area contributed by atoms with Crippen molar-refractivity contribution in [2.75, 3.05) is 138 Å². The molecule has 41 heteroatoms. The molecule has 0 bridgehead atoms. The molecule has 8 aliphatic heterocycles. The van der Waals surface area contributed by atoms with Crippen LogP contribution in [-0.2, 0) is 128 Å². The average Bonchev–Trinajstić information content (AvgIpc) is 0.769. The Hall–Kier alpha value is -1.64. The number of aliphatic hydroxyl groups excluding tert-OH is 14. The number of ether oxygens (including phenoxy) is 27. The van der Waals surface area contributed by atoms with Crippen molar-refractivity contribution >= 4 is 0 Å². The van der Waals surface area contributed by atoms with E-state index in [9.17, 15) is 71.5 Å². The molecule has 0 saturated carbocycles. The van der Waals surface area contributed by atoms with E-state index in [-0.39, 0.29) is 26.4 Å². The summed E-state index contributed by atoms with van der Waals surface area (Å²) in [5, 5.41) is 152. The third kappa shape index (κ3) is 18.5. The highest BCUT2D eigenvalue weighted by Gasteiger charge is 2.61. The lowest BCUT2D eigenvalue weighted by atomic mass is 9.94. The van der Waals surface area contributed by atoms with Crippen LogP contribution in [0.1, 0.15) is 0 Å². The van der Waals surface area contributed by atoms with Gasteiger partial charge in [-0.3, -0.25) is 0 Å². The summed E-state index contributed by atoms with van der Waals surface area (Å²) in [5.41, 5.74) is 0. The van der Waals surface area contributed by atoms with E-state index >= 15 is 0 Å². The van der Waals surface area contributed by atoms with Gasteiger partial charge in [-0.1, -0.05) is 0 Å². The van der Waals surface area contributed by atoms with E-state index in [1.54, 1.807) is 0 Å². The summed E-state index contributed by atoms with van der Waals surface area (Å²) in [6, 6.07) is 0. The predicted molar refractivity (Wildman–Crippen MR) is 322 cm³/mol. The van der Waals surface area contributed by atoms with Crippen LogP contribution in [-0.4, -0.2) is 455 Å². The van der Waals surface area contributed by atoms with Crippen molar-refractivity contribution in [1.29, 1.82) is 0 Å². The number of rotatable bonds is 34. The topological polar surface area (TPSA) is 532 Å². The van der Waals surface area contributed by atoms with Crippen LogP contribution in [0.3, 0.4) is 0 Å². The summed E-state index contributed by atoms with van der Waals surface area (Å²) in [6.45, 7) is -4.19. The highest BCUT2D eigenvalue weighted by molar-refractivity contribution is 5.03. The molecule has 8 saturated heterocycles. The Balaban J connectivity index is 0.930. The standard InChI is InChI=1S/C60H106O41/c1-75-17-25-41(45(79-5)49(83-9)53(74)87-25)99-58-51(85-11)47(81-7)43(27(93-58)19-77-3)101-60-52(86-12)48(82-8)44(28(94-60)20-78-4)100-59-50(84-10)46(80-6)42(26(92-59)18-76-2)98-57-37(73)33(69)40(24(16-64)91-57)97-56-36(72)32(68)39(23(15-63)90-56)96-55-35(71)31(67)38(22(14-62)89-55)95-54-34(70)30(66)29(65)21(13-61)88-54/h21-74H,13-20H2,1-12H3/t21-,22-,23-,24-,25-,26-,27-,28-,29-,30+,31-,32-,33-,34-,35-,36-,37-,38-,39-,40-,41-,42-,43-,44-,45+,46+,47+,48+,49-,50-,51-,52-,53?,54+,55+,56+,57+,58?,59?,60?/m1/s1. The summed E-state index contributed by atoms with van der Waals surface area (Å²) in [4.78, 5) is 0. The van der Waals surface area contributed by atoms with Gasteiger partial charge >= 0.3 is 0 Å². The SMILES string of the molecule is COC[C@H]1OC(O)[C@H](OC)[C@@H](OC)[C@@H]1OC1O[C@H](COC)[C@@H](OC2O[C@H](COC)[C@@H](OC3O[C@H](COC)[C@@H](O[C@@H]4O[C@H](CO)[C@@H](O[C@@H]5O[C@H](CO)[C@@H](O[C@@H]6O[C@H](CO)[C@@H](O[C@@H]7O[C@H](CO)[C@@H](O)[C@H](O)[C@H]7O)[C@H](O)[C@H]6O)[C@H](O)[C@H]5O)[C@H](O)[C@H]4O)[C@H](OC)[C@H]3OC)[C@H](OC)[C@H]2OC)[C@H](OC)[C@H]1OC. The van der Waals surface area contributed by atoms with Crippen molar-refractivity contribution < 1.29 is 199 Å². The Kier molecular flexibility index (Phi) is 33.4. The molecule has 0 aromatic carbocycles. The summed E-state index contributed by atoms with van der Waals surface area (Å²) in [6.07, 6.45) is -59.6. The number of aliphatic hydroxyl groups is 14. The van der Waals surface area contributed by atoms with Gasteiger partial charge in [0, 0.05) is 85.3 Å². The Morgan fingerprint density at radius 2 is 0.416 bits per heavy atom. The van der Waals surface area contributed by atoms with Crippen LogP contribution in [0.2, 0.25) is 0 Å².